The first kappa shape index (κ1) is 19.9. The minimum absolute atomic E-state index is 0.0100. The first-order valence-electron chi connectivity index (χ1n) is 9.98. The zero-order valence-corrected chi connectivity index (χ0v) is 16.5. The van der Waals surface area contributed by atoms with Gasteiger partial charge in [-0.15, -0.1) is 0 Å². The van der Waals surface area contributed by atoms with E-state index in [1.807, 2.05) is 64.4 Å². The molecule has 1 heterocycles. The van der Waals surface area contributed by atoms with Gasteiger partial charge >= 0.3 is 0 Å². The van der Waals surface area contributed by atoms with Gasteiger partial charge in [0.1, 0.15) is 0 Å². The summed E-state index contributed by atoms with van der Waals surface area (Å²) < 4.78 is 0. The molecular weight excluding hydrogens is 348 g/mol. The number of amides is 2. The molecule has 2 aromatic carbocycles. The Morgan fingerprint density at radius 1 is 0.893 bits per heavy atom. The Morgan fingerprint density at radius 2 is 1.50 bits per heavy atom. The van der Waals surface area contributed by atoms with Crippen molar-refractivity contribution in [1.82, 2.24) is 9.80 Å². The summed E-state index contributed by atoms with van der Waals surface area (Å²) in [6.45, 7) is 4.69. The van der Waals surface area contributed by atoms with Gasteiger partial charge in [0.05, 0.1) is 0 Å². The van der Waals surface area contributed by atoms with Crippen molar-refractivity contribution < 1.29 is 9.59 Å². The van der Waals surface area contributed by atoms with Gasteiger partial charge in [0.25, 0.3) is 0 Å². The fourth-order valence-corrected chi connectivity index (χ4v) is 3.51. The summed E-state index contributed by atoms with van der Waals surface area (Å²) >= 11 is 0. The third-order valence-electron chi connectivity index (χ3n) is 5.23. The molecule has 1 aliphatic heterocycles. The lowest BCUT2D eigenvalue weighted by Crippen LogP contribution is -2.37. The number of carbonyl (C=O) groups excluding carboxylic acids is 2. The lowest BCUT2D eigenvalue weighted by Gasteiger charge is -2.23. The van der Waals surface area contributed by atoms with Crippen LogP contribution in [-0.2, 0) is 9.59 Å². The Kier molecular flexibility index (Phi) is 7.01. The van der Waals surface area contributed by atoms with Gasteiger partial charge in [0.2, 0.25) is 11.8 Å². The van der Waals surface area contributed by atoms with Gasteiger partial charge in [-0.25, -0.2) is 0 Å². The van der Waals surface area contributed by atoms with Crippen LogP contribution in [0.4, 0.5) is 0 Å². The van der Waals surface area contributed by atoms with Crippen LogP contribution in [0, 0.1) is 0 Å². The molecule has 1 unspecified atom stereocenters. The molecule has 3 rings (SSSR count). The molecular formula is C24H28N2O2. The molecule has 2 amide bonds. The van der Waals surface area contributed by atoms with E-state index in [1.54, 1.807) is 6.08 Å². The van der Waals surface area contributed by atoms with Crippen LogP contribution in [0.15, 0.2) is 66.7 Å². The predicted octanol–water partition coefficient (Wildman–Crippen LogP) is 3.95. The monoisotopic (exact) mass is 376 g/mol. The van der Waals surface area contributed by atoms with Crippen LogP contribution in [0.1, 0.15) is 36.8 Å². The van der Waals surface area contributed by atoms with Crippen molar-refractivity contribution in [2.45, 2.75) is 25.7 Å². The highest BCUT2D eigenvalue weighted by molar-refractivity contribution is 5.91. The maximum absolute atomic E-state index is 12.7. The Morgan fingerprint density at radius 3 is 2.21 bits per heavy atom. The molecule has 146 valence electrons. The van der Waals surface area contributed by atoms with E-state index < -0.39 is 0 Å². The van der Waals surface area contributed by atoms with Crippen LogP contribution < -0.4 is 0 Å². The lowest BCUT2D eigenvalue weighted by molar-refractivity contribution is -0.132. The predicted molar refractivity (Wildman–Crippen MR) is 113 cm³/mol. The molecule has 0 N–H and O–H groups in total. The molecule has 1 saturated heterocycles. The number of benzene rings is 2. The van der Waals surface area contributed by atoms with Crippen molar-refractivity contribution in [1.29, 1.82) is 0 Å². The average Bonchev–Trinajstić information content (AvgIpc) is 3.00. The summed E-state index contributed by atoms with van der Waals surface area (Å²) in [4.78, 5) is 29.0. The molecule has 1 atom stereocenters. The highest BCUT2D eigenvalue weighted by Gasteiger charge is 2.22. The fraction of sp³-hybridized carbons (Fsp3) is 0.333. The normalized spacial score (nSPS) is 16.0. The number of rotatable bonds is 5. The van der Waals surface area contributed by atoms with E-state index in [-0.39, 0.29) is 17.7 Å². The smallest absolute Gasteiger partial charge is 0.246 e. The van der Waals surface area contributed by atoms with Crippen LogP contribution >= 0.6 is 0 Å². The molecule has 0 aliphatic carbocycles. The standard InChI is InChI=1S/C24H28N2O2/c1-20(22-11-6-3-7-12-22)19-24(28)26-16-8-15-25(17-18-26)23(27)14-13-21-9-4-2-5-10-21/h2-7,9-14,20H,8,15-19H2,1H3/b14-13+. The molecule has 4 heteroatoms. The molecule has 28 heavy (non-hydrogen) atoms. The first-order valence-corrected chi connectivity index (χ1v) is 9.98. The topological polar surface area (TPSA) is 40.6 Å². The van der Waals surface area contributed by atoms with Gasteiger partial charge in [-0.05, 0) is 29.5 Å². The van der Waals surface area contributed by atoms with Crippen LogP contribution in [0.25, 0.3) is 6.08 Å². The summed E-state index contributed by atoms with van der Waals surface area (Å²) in [5.41, 5.74) is 2.20. The van der Waals surface area contributed by atoms with E-state index in [9.17, 15) is 9.59 Å². The van der Waals surface area contributed by atoms with Gasteiger partial charge < -0.3 is 9.80 Å². The lowest BCUT2D eigenvalue weighted by atomic mass is 9.97. The Labute approximate surface area is 167 Å². The Hall–Kier alpha value is -2.88. The minimum atomic E-state index is 0.0100. The summed E-state index contributed by atoms with van der Waals surface area (Å²) in [5, 5.41) is 0. The van der Waals surface area contributed by atoms with Crippen molar-refractivity contribution >= 4 is 17.9 Å². The maximum atomic E-state index is 12.7. The zero-order valence-electron chi connectivity index (χ0n) is 16.5. The third-order valence-corrected chi connectivity index (χ3v) is 5.23. The average molecular weight is 377 g/mol. The van der Waals surface area contributed by atoms with E-state index in [0.717, 1.165) is 12.0 Å². The van der Waals surface area contributed by atoms with Crippen molar-refractivity contribution in [3.05, 3.63) is 77.9 Å². The molecule has 0 bridgehead atoms. The van der Waals surface area contributed by atoms with E-state index in [0.29, 0.717) is 32.6 Å². The molecule has 0 radical (unpaired) electrons. The van der Waals surface area contributed by atoms with E-state index in [1.165, 1.54) is 5.56 Å². The SMILES string of the molecule is CC(CC(=O)N1CCCN(C(=O)/C=C/c2ccccc2)CC1)c1ccccc1. The number of hydrogen-bond acceptors (Lipinski definition) is 2. The van der Waals surface area contributed by atoms with Gasteiger partial charge in [-0.1, -0.05) is 67.6 Å². The third kappa shape index (κ3) is 5.56. The zero-order chi connectivity index (χ0) is 19.8. The summed E-state index contributed by atoms with van der Waals surface area (Å²) in [7, 11) is 0. The summed E-state index contributed by atoms with van der Waals surface area (Å²) in [5.74, 6) is 0.379. The second-order valence-corrected chi connectivity index (χ2v) is 7.32. The van der Waals surface area contributed by atoms with Crippen LogP contribution in [-0.4, -0.2) is 47.8 Å². The summed E-state index contributed by atoms with van der Waals surface area (Å²) in [6.07, 6.45) is 4.80. The molecule has 2 aromatic rings. The highest BCUT2D eigenvalue weighted by atomic mass is 16.2. The van der Waals surface area contributed by atoms with Gasteiger partial charge in [-0.3, -0.25) is 9.59 Å². The number of carbonyl (C=O) groups is 2. The second-order valence-electron chi connectivity index (χ2n) is 7.32. The van der Waals surface area contributed by atoms with Gasteiger partial charge in [0.15, 0.2) is 0 Å². The van der Waals surface area contributed by atoms with Crippen molar-refractivity contribution in [2.75, 3.05) is 26.2 Å². The van der Waals surface area contributed by atoms with Crippen LogP contribution in [0.2, 0.25) is 0 Å². The van der Waals surface area contributed by atoms with Crippen molar-refractivity contribution in [2.24, 2.45) is 0 Å². The summed E-state index contributed by atoms with van der Waals surface area (Å²) in [6, 6.07) is 20.0. The van der Waals surface area contributed by atoms with Crippen molar-refractivity contribution in [3.63, 3.8) is 0 Å². The van der Waals surface area contributed by atoms with E-state index in [2.05, 4.69) is 19.1 Å². The van der Waals surface area contributed by atoms with Crippen LogP contribution in [0.3, 0.4) is 0 Å². The maximum Gasteiger partial charge on any atom is 0.246 e. The molecule has 4 nitrogen and oxygen atoms in total. The quantitative estimate of drug-likeness (QED) is 0.741. The minimum Gasteiger partial charge on any atom is -0.341 e. The molecule has 1 aliphatic rings. The Bertz CT molecular complexity index is 802. The largest absolute Gasteiger partial charge is 0.341 e. The van der Waals surface area contributed by atoms with Crippen molar-refractivity contribution in [3.8, 4) is 0 Å². The Balaban J connectivity index is 1.52. The number of nitrogens with zero attached hydrogens (tertiary/aromatic N) is 2. The van der Waals surface area contributed by atoms with Gasteiger partial charge in [-0.2, -0.15) is 0 Å². The van der Waals surface area contributed by atoms with E-state index >= 15 is 0 Å². The van der Waals surface area contributed by atoms with Crippen LogP contribution in [0.5, 0.6) is 0 Å². The molecule has 1 fully saturated rings. The highest BCUT2D eigenvalue weighted by Crippen LogP contribution is 2.20. The second kappa shape index (κ2) is 9.88. The van der Waals surface area contributed by atoms with E-state index in [4.69, 9.17) is 0 Å². The molecule has 0 spiro atoms. The van der Waals surface area contributed by atoms with Gasteiger partial charge in [0, 0.05) is 38.7 Å². The number of hydrogen-bond donors (Lipinski definition) is 0. The molecule has 0 aromatic heterocycles. The fourth-order valence-electron chi connectivity index (χ4n) is 3.51. The first-order chi connectivity index (χ1) is 13.6. The molecule has 0 saturated carbocycles.